The fraction of sp³-hybridized carbons (Fsp3) is 0.222. The van der Waals surface area contributed by atoms with E-state index in [-0.39, 0.29) is 0 Å². The van der Waals surface area contributed by atoms with Crippen molar-refractivity contribution < 1.29 is 9.32 Å². The monoisotopic (exact) mass is 315 g/mol. The van der Waals surface area contributed by atoms with Crippen LogP contribution in [0.3, 0.4) is 0 Å². The molecule has 0 heterocycles. The highest BCUT2D eigenvalue weighted by Gasteiger charge is 2.30. The molecule has 116 valence electrons. The van der Waals surface area contributed by atoms with E-state index < -0.39 is 21.1 Å². The fourth-order valence-electron chi connectivity index (χ4n) is 2.42. The minimum Gasteiger partial charge on any atom is -0.387 e. The molecule has 3 atom stereocenters. The van der Waals surface area contributed by atoms with Crippen LogP contribution in [-0.4, -0.2) is 21.6 Å². The molecule has 0 aliphatic carbocycles. The minimum absolute atomic E-state index is 0.604. The Morgan fingerprint density at radius 1 is 1.05 bits per heavy atom. The Labute approximate surface area is 132 Å². The molecule has 1 N–H and O–H groups in total. The summed E-state index contributed by atoms with van der Waals surface area (Å²) in [5.74, 6) is 0. The van der Waals surface area contributed by atoms with E-state index >= 15 is 0 Å². The van der Waals surface area contributed by atoms with Gasteiger partial charge in [0.1, 0.15) is 0 Å². The predicted octanol–water partition coefficient (Wildman–Crippen LogP) is 3.82. The summed E-state index contributed by atoms with van der Waals surface area (Å²) in [4.78, 5) is 0.635. The Hall–Kier alpha value is -1.91. The average Bonchev–Trinajstić information content (AvgIpc) is 2.60. The second-order valence-electron chi connectivity index (χ2n) is 4.91. The summed E-state index contributed by atoms with van der Waals surface area (Å²) in [5, 5.41) is 10.1. The molecule has 22 heavy (non-hydrogen) atoms. The van der Waals surface area contributed by atoms with Crippen LogP contribution in [0.4, 0.5) is 0 Å². The second kappa shape index (κ2) is 7.38. The van der Waals surface area contributed by atoms with Crippen molar-refractivity contribution in [2.75, 3.05) is 7.05 Å². The first-order valence-electron chi connectivity index (χ1n) is 7.18. The number of rotatable bonds is 5. The van der Waals surface area contributed by atoms with E-state index in [4.69, 9.17) is 0 Å². The molecule has 0 radical (unpaired) electrons. The number of allylic oxidation sites excluding steroid dienone is 1. The first-order valence-corrected chi connectivity index (χ1v) is 8.76. The second-order valence-corrected chi connectivity index (χ2v) is 7.43. The molecule has 0 bridgehead atoms. The highest BCUT2D eigenvalue weighted by Crippen LogP contribution is 2.29. The van der Waals surface area contributed by atoms with Gasteiger partial charge in [0, 0.05) is 11.9 Å². The summed E-state index contributed by atoms with van der Waals surface area (Å²) in [7, 11) is -1.22. The van der Waals surface area contributed by atoms with Crippen LogP contribution in [-0.2, 0) is 9.73 Å². The van der Waals surface area contributed by atoms with Crippen molar-refractivity contribution in [2.24, 2.45) is 4.36 Å². The lowest BCUT2D eigenvalue weighted by Gasteiger charge is -2.24. The maximum Gasteiger partial charge on any atom is 0.0980 e. The SMILES string of the molecule is C/C=C/[C@H]([C@H](O)c1ccccc1)[S@](=O)(=NC)c1ccccc1. The van der Waals surface area contributed by atoms with Crippen LogP contribution in [0.1, 0.15) is 18.6 Å². The van der Waals surface area contributed by atoms with E-state index in [1.165, 1.54) is 0 Å². The van der Waals surface area contributed by atoms with Crippen molar-refractivity contribution in [3.8, 4) is 0 Å². The van der Waals surface area contributed by atoms with Crippen LogP contribution >= 0.6 is 0 Å². The van der Waals surface area contributed by atoms with Gasteiger partial charge in [-0.2, -0.15) is 0 Å². The first-order chi connectivity index (χ1) is 10.6. The van der Waals surface area contributed by atoms with Crippen molar-refractivity contribution in [3.63, 3.8) is 0 Å². The lowest BCUT2D eigenvalue weighted by atomic mass is 10.1. The van der Waals surface area contributed by atoms with Crippen molar-refractivity contribution in [1.82, 2.24) is 0 Å². The molecule has 3 nitrogen and oxygen atoms in total. The van der Waals surface area contributed by atoms with Crippen LogP contribution in [0.5, 0.6) is 0 Å². The number of hydrogen-bond acceptors (Lipinski definition) is 3. The molecule has 0 amide bonds. The zero-order valence-electron chi connectivity index (χ0n) is 12.8. The van der Waals surface area contributed by atoms with Gasteiger partial charge < -0.3 is 5.11 Å². The molecule has 0 aliphatic heterocycles. The largest absolute Gasteiger partial charge is 0.387 e. The molecule has 0 unspecified atom stereocenters. The smallest absolute Gasteiger partial charge is 0.0980 e. The number of nitrogens with zero attached hydrogens (tertiary/aromatic N) is 1. The van der Waals surface area contributed by atoms with E-state index in [9.17, 15) is 9.32 Å². The summed E-state index contributed by atoms with van der Waals surface area (Å²) in [6.07, 6.45) is 2.71. The maximum absolute atomic E-state index is 13.5. The topological polar surface area (TPSA) is 49.7 Å². The summed E-state index contributed by atoms with van der Waals surface area (Å²) >= 11 is 0. The molecule has 2 aromatic rings. The van der Waals surface area contributed by atoms with Gasteiger partial charge in [-0.15, -0.1) is 0 Å². The van der Waals surface area contributed by atoms with Crippen molar-refractivity contribution in [1.29, 1.82) is 0 Å². The number of aliphatic hydroxyl groups is 1. The number of hydrogen-bond donors (Lipinski definition) is 1. The van der Waals surface area contributed by atoms with Gasteiger partial charge in [-0.3, -0.25) is 0 Å². The molecule has 4 heteroatoms. The van der Waals surface area contributed by atoms with Crippen LogP contribution in [0.2, 0.25) is 0 Å². The van der Waals surface area contributed by atoms with Gasteiger partial charge in [-0.05, 0) is 24.6 Å². The zero-order chi connectivity index (χ0) is 16.0. The molecule has 0 aliphatic rings. The van der Waals surface area contributed by atoms with E-state index in [1.807, 2.05) is 61.5 Å². The van der Waals surface area contributed by atoms with Crippen molar-refractivity contribution in [3.05, 3.63) is 78.4 Å². The lowest BCUT2D eigenvalue weighted by molar-refractivity contribution is 0.184. The summed E-state index contributed by atoms with van der Waals surface area (Å²) < 4.78 is 17.7. The summed E-state index contributed by atoms with van der Waals surface area (Å²) in [6.45, 7) is 1.85. The summed E-state index contributed by atoms with van der Waals surface area (Å²) in [5.41, 5.74) is 0.734. The quantitative estimate of drug-likeness (QED) is 0.853. The molecule has 0 aromatic heterocycles. The Balaban J connectivity index is 2.54. The molecular weight excluding hydrogens is 294 g/mol. The number of aliphatic hydroxyl groups excluding tert-OH is 1. The van der Waals surface area contributed by atoms with Crippen molar-refractivity contribution >= 4 is 9.73 Å². The predicted molar refractivity (Wildman–Crippen MR) is 91.2 cm³/mol. The first kappa shape index (κ1) is 16.5. The highest BCUT2D eigenvalue weighted by atomic mass is 32.2. The summed E-state index contributed by atoms with van der Waals surface area (Å²) in [6, 6.07) is 18.4. The van der Waals surface area contributed by atoms with Crippen LogP contribution in [0.15, 0.2) is 82.1 Å². The number of benzene rings is 2. The third kappa shape index (κ3) is 3.29. The third-order valence-corrected chi connectivity index (χ3v) is 6.20. The van der Waals surface area contributed by atoms with E-state index in [0.29, 0.717) is 4.90 Å². The van der Waals surface area contributed by atoms with E-state index in [2.05, 4.69) is 4.36 Å². The Bertz CT molecular complexity index is 732. The normalized spacial score (nSPS) is 16.9. The maximum atomic E-state index is 13.5. The van der Waals surface area contributed by atoms with Crippen LogP contribution in [0.25, 0.3) is 0 Å². The fourth-order valence-corrected chi connectivity index (χ4v) is 4.61. The Kier molecular flexibility index (Phi) is 5.52. The molecule has 0 saturated heterocycles. The molecule has 0 fully saturated rings. The molecule has 2 aromatic carbocycles. The van der Waals surface area contributed by atoms with Crippen LogP contribution in [0, 0.1) is 0 Å². The minimum atomic E-state index is -2.77. The van der Waals surface area contributed by atoms with Crippen molar-refractivity contribution in [2.45, 2.75) is 23.2 Å². The Morgan fingerprint density at radius 3 is 2.09 bits per heavy atom. The van der Waals surface area contributed by atoms with Gasteiger partial charge in [-0.25, -0.2) is 8.57 Å². The Morgan fingerprint density at radius 2 is 1.59 bits per heavy atom. The van der Waals surface area contributed by atoms with Gasteiger partial charge in [0.15, 0.2) is 0 Å². The molecule has 2 rings (SSSR count). The van der Waals surface area contributed by atoms with E-state index in [0.717, 1.165) is 5.56 Å². The van der Waals surface area contributed by atoms with Gasteiger partial charge in [0.25, 0.3) is 0 Å². The zero-order valence-corrected chi connectivity index (χ0v) is 13.6. The lowest BCUT2D eigenvalue weighted by Crippen LogP contribution is -2.26. The van der Waals surface area contributed by atoms with Gasteiger partial charge in [0.2, 0.25) is 0 Å². The molecule has 0 spiro atoms. The van der Waals surface area contributed by atoms with Gasteiger partial charge in [0.05, 0.1) is 21.1 Å². The molecular formula is C18H21NO2S. The van der Waals surface area contributed by atoms with Gasteiger partial charge in [-0.1, -0.05) is 60.7 Å². The third-order valence-electron chi connectivity index (χ3n) is 3.56. The van der Waals surface area contributed by atoms with Crippen LogP contribution < -0.4 is 0 Å². The molecule has 0 saturated carbocycles. The highest BCUT2D eigenvalue weighted by molar-refractivity contribution is 7.94. The van der Waals surface area contributed by atoms with Gasteiger partial charge >= 0.3 is 0 Å². The standard InChI is InChI=1S/C18H21NO2S/c1-3-10-17(18(20)15-11-6-4-7-12-15)22(21,19-2)16-13-8-5-9-14-16/h3-14,17-18,20H,1-2H3/b10-3+/t17-,18-,22+/m1/s1. The van der Waals surface area contributed by atoms with E-state index in [1.54, 1.807) is 25.3 Å². The average molecular weight is 315 g/mol.